The molecule has 0 saturated heterocycles. The van der Waals surface area contributed by atoms with Gasteiger partial charge in [-0.05, 0) is 29.6 Å². The third-order valence-electron chi connectivity index (χ3n) is 3.15. The molecule has 4 aromatic rings. The Balaban J connectivity index is 2.49. The fourth-order valence-corrected chi connectivity index (χ4v) is 2.24. The van der Waals surface area contributed by atoms with Crippen LogP contribution in [0.15, 0.2) is 72.5 Å². The van der Waals surface area contributed by atoms with Gasteiger partial charge in [0.05, 0.1) is 27.5 Å². The van der Waals surface area contributed by atoms with Crippen LogP contribution in [0.4, 0.5) is 0 Å². The number of fused-ring (bicyclic) bond motifs is 3. The lowest BCUT2D eigenvalue weighted by molar-refractivity contribution is 0.426. The van der Waals surface area contributed by atoms with Gasteiger partial charge in [-0.2, -0.15) is 0 Å². The van der Waals surface area contributed by atoms with E-state index in [-0.39, 0.29) is 16.3 Å². The van der Waals surface area contributed by atoms with Crippen LogP contribution in [0.25, 0.3) is 27.5 Å². The summed E-state index contributed by atoms with van der Waals surface area (Å²) in [7, 11) is -2.34. The fourth-order valence-electron chi connectivity index (χ4n) is 2.24. The molecule has 1 heterocycles. The number of rotatable bonds is 2. The van der Waals surface area contributed by atoms with Crippen molar-refractivity contribution in [2.75, 3.05) is 0 Å². The van der Waals surface area contributed by atoms with Crippen LogP contribution in [0.2, 0.25) is 0 Å². The molecule has 0 unspecified atom stereocenters. The number of aromatic nitrogens is 1. The highest BCUT2D eigenvalue weighted by atomic mass is 16.4. The third kappa shape index (κ3) is 1.93. The lowest BCUT2D eigenvalue weighted by Gasteiger charge is -2.07. The first kappa shape index (κ1) is 5.58. The Labute approximate surface area is 145 Å². The summed E-state index contributed by atoms with van der Waals surface area (Å²) in [5.74, 6) is 0. The van der Waals surface area contributed by atoms with E-state index in [2.05, 4.69) is 0 Å². The molecular weight excluding hydrogens is 273 g/mol. The van der Waals surface area contributed by atoms with Crippen molar-refractivity contribution in [2.24, 2.45) is 0 Å². The van der Waals surface area contributed by atoms with Gasteiger partial charge >= 0.3 is 7.12 Å². The minimum atomic E-state index is -2.34. The number of benzene rings is 3. The lowest BCUT2D eigenvalue weighted by Crippen LogP contribution is -2.29. The number of hydrogen-bond donors (Lipinski definition) is 2. The Morgan fingerprint density at radius 1 is 0.773 bits per heavy atom. The van der Waals surface area contributed by atoms with Crippen LogP contribution in [-0.4, -0.2) is 21.7 Å². The fraction of sp³-hybridized carbons (Fsp3) is 0. The smallest absolute Gasteiger partial charge is 0.423 e. The van der Waals surface area contributed by atoms with Crippen molar-refractivity contribution in [1.29, 1.82) is 0 Å². The predicted octanol–water partition coefficient (Wildman–Crippen LogP) is 2.46. The molecule has 0 bridgehead atoms. The molecule has 0 atom stereocenters. The van der Waals surface area contributed by atoms with Crippen LogP contribution in [0.3, 0.4) is 0 Å². The molecule has 0 fully saturated rings. The summed E-state index contributed by atoms with van der Waals surface area (Å²) in [5, 5.41) is 18.8. The molecule has 3 aromatic carbocycles. The second-order valence-corrected chi connectivity index (χ2v) is 4.42. The van der Waals surface area contributed by atoms with Crippen LogP contribution < -0.4 is 5.46 Å². The van der Waals surface area contributed by atoms with Crippen molar-refractivity contribution >= 4 is 34.4 Å². The van der Waals surface area contributed by atoms with Gasteiger partial charge in [0, 0.05) is 16.5 Å². The molecule has 0 spiro atoms. The zero-order valence-corrected chi connectivity index (χ0v) is 10.9. The molecule has 0 aliphatic heterocycles. The van der Waals surface area contributed by atoms with Crippen LogP contribution in [-0.2, 0) is 0 Å². The third-order valence-corrected chi connectivity index (χ3v) is 3.15. The maximum atomic E-state index is 9.72. The van der Waals surface area contributed by atoms with Gasteiger partial charge in [0.2, 0.25) is 0 Å². The van der Waals surface area contributed by atoms with E-state index < -0.39 is 96.3 Å². The average molecular weight is 299 g/mol. The molecule has 0 amide bonds. The largest absolute Gasteiger partial charge is 0.488 e. The molecule has 0 aliphatic carbocycles. The van der Waals surface area contributed by atoms with Gasteiger partial charge in [-0.25, -0.2) is 0 Å². The summed E-state index contributed by atoms with van der Waals surface area (Å²) in [6.45, 7) is 0. The van der Waals surface area contributed by atoms with Crippen molar-refractivity contribution in [3.63, 3.8) is 0 Å². The summed E-state index contributed by atoms with van der Waals surface area (Å²) in [6, 6.07) is -8.59. The molecule has 22 heavy (non-hydrogen) atoms. The minimum Gasteiger partial charge on any atom is -0.423 e. The predicted molar refractivity (Wildman–Crippen MR) is 90.6 cm³/mol. The average Bonchev–Trinajstić information content (AvgIpc) is 3.13. The van der Waals surface area contributed by atoms with Crippen LogP contribution in [0, 0.1) is 0 Å². The second-order valence-electron chi connectivity index (χ2n) is 4.42. The Morgan fingerprint density at radius 2 is 1.45 bits per heavy atom. The van der Waals surface area contributed by atoms with E-state index in [1.54, 1.807) is 0 Å². The number of para-hydroxylation sites is 2. The zero-order chi connectivity index (χ0) is 25.5. The Kier molecular flexibility index (Phi) is 1.27. The molecule has 0 saturated carbocycles. The minimum absolute atomic E-state index is 0.326. The van der Waals surface area contributed by atoms with Crippen molar-refractivity contribution in [3.8, 4) is 5.69 Å². The second kappa shape index (κ2) is 5.02. The molecule has 0 radical (unpaired) electrons. The van der Waals surface area contributed by atoms with Gasteiger partial charge in [-0.15, -0.1) is 0 Å². The molecule has 0 aliphatic rings. The zero-order valence-electron chi connectivity index (χ0n) is 22.9. The van der Waals surface area contributed by atoms with Crippen molar-refractivity contribution < 1.29 is 26.5 Å². The first-order valence-corrected chi connectivity index (χ1v) is 6.23. The Morgan fingerprint density at radius 3 is 2.23 bits per heavy atom. The first-order chi connectivity index (χ1) is 15.7. The van der Waals surface area contributed by atoms with Gasteiger partial charge in [0.1, 0.15) is 0 Å². The van der Waals surface area contributed by atoms with Crippen molar-refractivity contribution in [1.82, 2.24) is 4.57 Å². The first-order valence-electron chi connectivity index (χ1n) is 12.2. The van der Waals surface area contributed by atoms with Gasteiger partial charge in [-0.1, -0.05) is 48.3 Å². The highest BCUT2D eigenvalue weighted by molar-refractivity contribution is 6.59. The normalized spacial score (nSPS) is 18.8. The van der Waals surface area contributed by atoms with Crippen LogP contribution >= 0.6 is 0 Å². The van der Waals surface area contributed by atoms with E-state index in [1.807, 2.05) is 0 Å². The van der Waals surface area contributed by atoms with Crippen molar-refractivity contribution in [2.45, 2.75) is 0 Å². The van der Waals surface area contributed by atoms with Gasteiger partial charge in [0.15, 0.2) is 0 Å². The number of nitrogens with zero attached hydrogens (tertiary/aromatic N) is 1. The van der Waals surface area contributed by atoms with Gasteiger partial charge in [0.25, 0.3) is 0 Å². The standard InChI is InChI=1S/C18H14BNO2/c21-19(22)13-10-11-18-16(12-13)15-8-4-5-9-17(15)20(18)14-6-2-1-3-7-14/h1-12,21-22H/i1D,2D,3D,4D,5D,6D,7D,8D,9D,10D,11D,12D. The molecule has 1 aromatic heterocycles. The molecule has 2 N–H and O–H groups in total. The van der Waals surface area contributed by atoms with Gasteiger partial charge in [-0.3, -0.25) is 0 Å². The SMILES string of the molecule is [2H]c1c([2H])c([2H])c(-n2c3c([2H])c([2H])c([2H])c([2H])c3c3c([2H])c(B(O)O)c([2H])c([2H])c32)c([2H])c1[2H]. The summed E-state index contributed by atoms with van der Waals surface area (Å²) in [4.78, 5) is 0. The van der Waals surface area contributed by atoms with Crippen LogP contribution in [0.5, 0.6) is 0 Å². The topological polar surface area (TPSA) is 45.4 Å². The molecule has 3 nitrogen and oxygen atoms in total. The highest BCUT2D eigenvalue weighted by Gasteiger charge is 2.16. The van der Waals surface area contributed by atoms with E-state index in [4.69, 9.17) is 16.4 Å². The summed E-state index contributed by atoms with van der Waals surface area (Å²) >= 11 is 0. The molecule has 4 rings (SSSR count). The molecule has 4 heteroatoms. The van der Waals surface area contributed by atoms with Crippen molar-refractivity contribution in [3.05, 3.63) is 72.5 Å². The van der Waals surface area contributed by atoms with E-state index in [1.165, 1.54) is 0 Å². The maximum absolute atomic E-state index is 9.72. The van der Waals surface area contributed by atoms with E-state index >= 15 is 0 Å². The molecule has 106 valence electrons. The summed E-state index contributed by atoms with van der Waals surface area (Å²) in [6.07, 6.45) is 0. The Hall–Kier alpha value is -2.56. The van der Waals surface area contributed by atoms with E-state index in [0.29, 0.717) is 0 Å². The quantitative estimate of drug-likeness (QED) is 0.559. The maximum Gasteiger partial charge on any atom is 0.488 e. The molecular formula is C18H14BNO2. The summed E-state index contributed by atoms with van der Waals surface area (Å²) in [5.41, 5.74) is -2.00. The highest BCUT2D eigenvalue weighted by Crippen LogP contribution is 2.31. The Bertz CT molecular complexity index is 1540. The van der Waals surface area contributed by atoms with E-state index in [0.717, 1.165) is 4.57 Å². The summed E-state index contributed by atoms with van der Waals surface area (Å²) < 4.78 is 99.5. The van der Waals surface area contributed by atoms with Gasteiger partial charge < -0.3 is 14.6 Å². The lowest BCUT2D eigenvalue weighted by atomic mass is 9.80. The van der Waals surface area contributed by atoms with E-state index in [9.17, 15) is 10.0 Å². The number of hydrogen-bond acceptors (Lipinski definition) is 2. The monoisotopic (exact) mass is 299 g/mol. The van der Waals surface area contributed by atoms with Crippen LogP contribution in [0.1, 0.15) is 16.4 Å².